The number of benzene rings is 2. The number of nitrogens with zero attached hydrogens (tertiary/aromatic N) is 1. The molecule has 1 N–H and O–H groups in total. The average molecular weight is 381 g/mol. The summed E-state index contributed by atoms with van der Waals surface area (Å²) in [6, 6.07) is 10.1. The summed E-state index contributed by atoms with van der Waals surface area (Å²) in [7, 11) is 0. The molecule has 2 aromatic rings. The first-order chi connectivity index (χ1) is 11.0. The molecular weight excluding hydrogens is 366 g/mol. The Hall–Kier alpha value is -1.95. The lowest BCUT2D eigenvalue weighted by Gasteiger charge is -2.25. The third-order valence-corrected chi connectivity index (χ3v) is 4.41. The molecule has 1 atom stereocenters. The van der Waals surface area contributed by atoms with Crippen LogP contribution in [0.25, 0.3) is 0 Å². The van der Waals surface area contributed by atoms with Gasteiger partial charge in [-0.3, -0.25) is 0 Å². The van der Waals surface area contributed by atoms with E-state index in [1.165, 1.54) is 24.3 Å². The number of halogens is 3. The molecular formula is C17H15BrF2N2O. The maximum Gasteiger partial charge on any atom is 0.322 e. The van der Waals surface area contributed by atoms with Gasteiger partial charge in [0.2, 0.25) is 0 Å². The minimum atomic E-state index is -0.505. The fraction of sp³-hybridized carbons (Fsp3) is 0.235. The molecule has 0 bridgehead atoms. The van der Waals surface area contributed by atoms with Crippen LogP contribution in [-0.2, 0) is 0 Å². The Bertz CT molecular complexity index is 738. The standard InChI is InChI=1S/C17H15BrF2N2O/c18-12-6-7-15(14(20)10-12)21-17(23)22-8-2-5-16(22)11-3-1-4-13(19)9-11/h1,3-4,6-7,9-10,16H,2,5,8H2,(H,21,23). The van der Waals surface area contributed by atoms with Crippen molar-refractivity contribution >= 4 is 27.6 Å². The highest BCUT2D eigenvalue weighted by atomic mass is 79.9. The number of carbonyl (C=O) groups is 1. The van der Waals surface area contributed by atoms with Crippen molar-refractivity contribution in [2.24, 2.45) is 0 Å². The number of hydrogen-bond donors (Lipinski definition) is 1. The summed E-state index contributed by atoms with van der Waals surface area (Å²) in [5.74, 6) is -0.831. The topological polar surface area (TPSA) is 32.3 Å². The molecule has 23 heavy (non-hydrogen) atoms. The second kappa shape index (κ2) is 6.66. The van der Waals surface area contributed by atoms with Gasteiger partial charge in [-0.15, -0.1) is 0 Å². The van der Waals surface area contributed by atoms with E-state index in [0.717, 1.165) is 18.4 Å². The smallest absolute Gasteiger partial charge is 0.317 e. The van der Waals surface area contributed by atoms with Crippen LogP contribution in [0.4, 0.5) is 19.3 Å². The van der Waals surface area contributed by atoms with Gasteiger partial charge >= 0.3 is 6.03 Å². The van der Waals surface area contributed by atoms with E-state index in [1.807, 2.05) is 0 Å². The molecule has 3 nitrogen and oxygen atoms in total. The molecule has 3 rings (SSSR count). The Morgan fingerprint density at radius 3 is 2.78 bits per heavy atom. The molecule has 0 saturated carbocycles. The van der Waals surface area contributed by atoms with Crippen molar-refractivity contribution < 1.29 is 13.6 Å². The Kier molecular flexibility index (Phi) is 4.61. The molecule has 1 fully saturated rings. The third kappa shape index (κ3) is 3.52. The number of urea groups is 1. The first kappa shape index (κ1) is 15.9. The zero-order valence-corrected chi connectivity index (χ0v) is 13.8. The molecule has 1 saturated heterocycles. The van der Waals surface area contributed by atoms with Gasteiger partial charge < -0.3 is 10.2 Å². The van der Waals surface area contributed by atoms with E-state index in [4.69, 9.17) is 0 Å². The molecule has 2 amide bonds. The van der Waals surface area contributed by atoms with Crippen LogP contribution in [-0.4, -0.2) is 17.5 Å². The number of anilines is 1. The lowest BCUT2D eigenvalue weighted by Crippen LogP contribution is -2.34. The number of likely N-dealkylation sites (tertiary alicyclic amines) is 1. The van der Waals surface area contributed by atoms with Crippen molar-refractivity contribution in [3.63, 3.8) is 0 Å². The molecule has 2 aromatic carbocycles. The van der Waals surface area contributed by atoms with Crippen LogP contribution in [0.2, 0.25) is 0 Å². The molecule has 120 valence electrons. The van der Waals surface area contributed by atoms with Gasteiger partial charge in [0.05, 0.1) is 11.7 Å². The Morgan fingerprint density at radius 1 is 1.22 bits per heavy atom. The van der Waals surface area contributed by atoms with Crippen LogP contribution in [0.5, 0.6) is 0 Å². The van der Waals surface area contributed by atoms with Crippen LogP contribution < -0.4 is 5.32 Å². The zero-order chi connectivity index (χ0) is 16.4. The largest absolute Gasteiger partial charge is 0.322 e. The van der Waals surface area contributed by atoms with Crippen molar-refractivity contribution in [1.29, 1.82) is 0 Å². The van der Waals surface area contributed by atoms with Crippen molar-refractivity contribution in [2.75, 3.05) is 11.9 Å². The summed E-state index contributed by atoms with van der Waals surface area (Å²) >= 11 is 3.18. The molecule has 0 spiro atoms. The average Bonchev–Trinajstić information content (AvgIpc) is 2.99. The van der Waals surface area contributed by atoms with Crippen LogP contribution in [0.1, 0.15) is 24.4 Å². The van der Waals surface area contributed by atoms with Gasteiger partial charge in [0.1, 0.15) is 11.6 Å². The quantitative estimate of drug-likeness (QED) is 0.772. The number of hydrogen-bond acceptors (Lipinski definition) is 1. The molecule has 1 unspecified atom stereocenters. The third-order valence-electron chi connectivity index (χ3n) is 3.92. The van der Waals surface area contributed by atoms with Crippen molar-refractivity contribution in [1.82, 2.24) is 4.90 Å². The predicted octanol–water partition coefficient (Wildman–Crippen LogP) is 5.10. The maximum atomic E-state index is 13.9. The van der Waals surface area contributed by atoms with Gasteiger partial charge in [-0.2, -0.15) is 0 Å². The monoisotopic (exact) mass is 380 g/mol. The van der Waals surface area contributed by atoms with Crippen LogP contribution >= 0.6 is 15.9 Å². The molecule has 1 heterocycles. The van der Waals surface area contributed by atoms with E-state index in [-0.39, 0.29) is 23.6 Å². The summed E-state index contributed by atoms with van der Waals surface area (Å²) in [5, 5.41) is 2.59. The minimum absolute atomic E-state index is 0.128. The van der Waals surface area contributed by atoms with Gasteiger partial charge in [0, 0.05) is 11.0 Å². The first-order valence-corrected chi connectivity index (χ1v) is 8.12. The summed E-state index contributed by atoms with van der Waals surface area (Å²) in [5.41, 5.74) is 0.886. The molecule has 1 aliphatic heterocycles. The number of nitrogens with one attached hydrogen (secondary N) is 1. The lowest BCUT2D eigenvalue weighted by atomic mass is 10.0. The Morgan fingerprint density at radius 2 is 2.04 bits per heavy atom. The van der Waals surface area contributed by atoms with Gasteiger partial charge in [-0.25, -0.2) is 13.6 Å². The van der Waals surface area contributed by atoms with Gasteiger partial charge in [0.15, 0.2) is 0 Å². The second-order valence-electron chi connectivity index (χ2n) is 5.46. The summed E-state index contributed by atoms with van der Waals surface area (Å²) in [6.45, 7) is 0.561. The van der Waals surface area contributed by atoms with E-state index in [0.29, 0.717) is 11.0 Å². The highest BCUT2D eigenvalue weighted by molar-refractivity contribution is 9.10. The molecule has 0 aromatic heterocycles. The van der Waals surface area contributed by atoms with Gasteiger partial charge in [-0.05, 0) is 48.7 Å². The number of carbonyl (C=O) groups excluding carboxylic acids is 1. The van der Waals surface area contributed by atoms with E-state index < -0.39 is 5.82 Å². The molecule has 0 radical (unpaired) electrons. The highest BCUT2D eigenvalue weighted by Crippen LogP contribution is 2.33. The molecule has 6 heteroatoms. The molecule has 1 aliphatic rings. The van der Waals surface area contributed by atoms with E-state index in [2.05, 4.69) is 21.2 Å². The van der Waals surface area contributed by atoms with E-state index in [1.54, 1.807) is 23.1 Å². The summed E-state index contributed by atoms with van der Waals surface area (Å²) < 4.78 is 27.9. The highest BCUT2D eigenvalue weighted by Gasteiger charge is 2.30. The van der Waals surface area contributed by atoms with Gasteiger partial charge in [0.25, 0.3) is 0 Å². The van der Waals surface area contributed by atoms with E-state index >= 15 is 0 Å². The Balaban J connectivity index is 1.78. The first-order valence-electron chi connectivity index (χ1n) is 7.33. The summed E-state index contributed by atoms with van der Waals surface area (Å²) in [4.78, 5) is 14.1. The van der Waals surface area contributed by atoms with Crippen LogP contribution in [0.3, 0.4) is 0 Å². The van der Waals surface area contributed by atoms with Crippen molar-refractivity contribution in [2.45, 2.75) is 18.9 Å². The summed E-state index contributed by atoms with van der Waals surface area (Å²) in [6.07, 6.45) is 1.59. The minimum Gasteiger partial charge on any atom is -0.317 e. The van der Waals surface area contributed by atoms with Crippen LogP contribution in [0, 0.1) is 11.6 Å². The lowest BCUT2D eigenvalue weighted by molar-refractivity contribution is 0.207. The van der Waals surface area contributed by atoms with Crippen LogP contribution in [0.15, 0.2) is 46.9 Å². The second-order valence-corrected chi connectivity index (χ2v) is 6.38. The Labute approximate surface area is 141 Å². The fourth-order valence-corrected chi connectivity index (χ4v) is 3.18. The maximum absolute atomic E-state index is 13.9. The SMILES string of the molecule is O=C(Nc1ccc(Br)cc1F)N1CCCC1c1cccc(F)c1. The van der Waals surface area contributed by atoms with E-state index in [9.17, 15) is 13.6 Å². The predicted molar refractivity (Wildman–Crippen MR) is 88.2 cm³/mol. The molecule has 0 aliphatic carbocycles. The van der Waals surface area contributed by atoms with Gasteiger partial charge in [-0.1, -0.05) is 28.1 Å². The van der Waals surface area contributed by atoms with Crippen molar-refractivity contribution in [3.05, 3.63) is 64.1 Å². The number of amides is 2. The zero-order valence-electron chi connectivity index (χ0n) is 12.2. The number of rotatable bonds is 2. The van der Waals surface area contributed by atoms with Crippen molar-refractivity contribution in [3.8, 4) is 0 Å². The fourth-order valence-electron chi connectivity index (χ4n) is 2.85. The normalized spacial score (nSPS) is 17.3.